The number of imidazole rings is 1. The van der Waals surface area contributed by atoms with Crippen LogP contribution in [0, 0.1) is 18.6 Å². The first-order chi connectivity index (χ1) is 19.0. The number of amides is 1. The molecule has 4 aromatic rings. The number of hydrogen-bond acceptors (Lipinski definition) is 6. The summed E-state index contributed by atoms with van der Waals surface area (Å²) >= 11 is 0. The van der Waals surface area contributed by atoms with E-state index < -0.39 is 23.1 Å². The first kappa shape index (κ1) is 27.4. The summed E-state index contributed by atoms with van der Waals surface area (Å²) in [5.74, 6) is -2.31. The van der Waals surface area contributed by atoms with Crippen LogP contribution in [0.3, 0.4) is 0 Å². The maximum atomic E-state index is 13.5. The lowest BCUT2D eigenvalue weighted by molar-refractivity contribution is 0.00684. The Morgan fingerprint density at radius 2 is 1.90 bits per heavy atom. The van der Waals surface area contributed by atoms with Crippen molar-refractivity contribution in [1.82, 2.24) is 25.0 Å². The van der Waals surface area contributed by atoms with Crippen molar-refractivity contribution in [2.75, 3.05) is 0 Å². The molecule has 0 unspecified atom stereocenters. The van der Waals surface area contributed by atoms with Gasteiger partial charge in [0.15, 0.2) is 11.6 Å². The standard InChI is InChI=1S/C30H31F2N5O3/c1-17-20-8-10-25(22(20)7-6-21(17)28(39)40-30(2,3)4)34-16-19-14-26(36-29-33-11-12-37(19)29)27(38)35-15-18-5-9-23(31)24(32)13-18/h5-7,9,11-14,25,34H,8,10,15-16H2,1-4H3,(H,35,38)/t25-/m0/s1. The molecule has 10 heteroatoms. The second kappa shape index (κ2) is 10.8. The molecule has 40 heavy (non-hydrogen) atoms. The second-order valence-corrected chi connectivity index (χ2v) is 10.9. The van der Waals surface area contributed by atoms with E-state index in [1.807, 2.05) is 44.2 Å². The van der Waals surface area contributed by atoms with Gasteiger partial charge in [-0.15, -0.1) is 0 Å². The lowest BCUT2D eigenvalue weighted by atomic mass is 9.97. The maximum absolute atomic E-state index is 13.5. The lowest BCUT2D eigenvalue weighted by Gasteiger charge is -2.21. The highest BCUT2D eigenvalue weighted by atomic mass is 19.2. The molecule has 0 saturated heterocycles. The Labute approximate surface area is 230 Å². The van der Waals surface area contributed by atoms with Crippen molar-refractivity contribution in [3.05, 3.63) is 99.6 Å². The molecule has 1 aliphatic rings. The van der Waals surface area contributed by atoms with Crippen molar-refractivity contribution in [2.45, 2.75) is 65.3 Å². The Bertz CT molecular complexity index is 1610. The number of carbonyl (C=O) groups is 2. The second-order valence-electron chi connectivity index (χ2n) is 10.9. The molecule has 0 bridgehead atoms. The van der Waals surface area contributed by atoms with Crippen LogP contribution in [0.5, 0.6) is 0 Å². The number of fused-ring (bicyclic) bond motifs is 2. The summed E-state index contributed by atoms with van der Waals surface area (Å²) in [6, 6.07) is 9.07. The molecular weight excluding hydrogens is 516 g/mol. The van der Waals surface area contributed by atoms with E-state index in [-0.39, 0.29) is 24.2 Å². The summed E-state index contributed by atoms with van der Waals surface area (Å²) < 4.78 is 34.1. The molecule has 208 valence electrons. The number of hydrogen-bond donors (Lipinski definition) is 2. The van der Waals surface area contributed by atoms with Gasteiger partial charge in [0.1, 0.15) is 11.3 Å². The molecular formula is C30H31F2N5O3. The van der Waals surface area contributed by atoms with Crippen LogP contribution in [0.15, 0.2) is 48.8 Å². The summed E-state index contributed by atoms with van der Waals surface area (Å²) in [6.07, 6.45) is 5.10. The van der Waals surface area contributed by atoms with Gasteiger partial charge in [-0.05, 0) is 87.1 Å². The van der Waals surface area contributed by atoms with Crippen molar-refractivity contribution in [2.24, 2.45) is 0 Å². The third-order valence-electron chi connectivity index (χ3n) is 6.97. The Balaban J connectivity index is 1.31. The Kier molecular flexibility index (Phi) is 7.37. The molecule has 2 aromatic heterocycles. The number of halogens is 2. The number of ether oxygens (including phenoxy) is 1. The first-order valence-corrected chi connectivity index (χ1v) is 13.1. The highest BCUT2D eigenvalue weighted by Crippen LogP contribution is 2.35. The highest BCUT2D eigenvalue weighted by Gasteiger charge is 2.28. The van der Waals surface area contributed by atoms with E-state index in [0.29, 0.717) is 23.4 Å². The van der Waals surface area contributed by atoms with Crippen molar-refractivity contribution >= 4 is 17.7 Å². The first-order valence-electron chi connectivity index (χ1n) is 13.1. The molecule has 0 spiro atoms. The number of carbonyl (C=O) groups excluding carboxylic acids is 2. The lowest BCUT2D eigenvalue weighted by Crippen LogP contribution is -2.26. The number of rotatable bonds is 7. The Morgan fingerprint density at radius 1 is 1.10 bits per heavy atom. The number of nitrogens with one attached hydrogen (secondary N) is 2. The normalized spacial score (nSPS) is 14.8. The SMILES string of the molecule is Cc1c(C(=O)OC(C)(C)C)ccc2c1CC[C@@H]2NCc1cc(C(=O)NCc2ccc(F)c(F)c2)nc2nccn12. The van der Waals surface area contributed by atoms with Gasteiger partial charge in [0.2, 0.25) is 5.78 Å². The molecule has 0 fully saturated rings. The maximum Gasteiger partial charge on any atom is 0.338 e. The van der Waals surface area contributed by atoms with Gasteiger partial charge in [-0.3, -0.25) is 9.20 Å². The third kappa shape index (κ3) is 5.72. The molecule has 0 saturated carbocycles. The van der Waals surface area contributed by atoms with Crippen LogP contribution in [0.1, 0.15) is 82.0 Å². The Morgan fingerprint density at radius 3 is 2.65 bits per heavy atom. The van der Waals surface area contributed by atoms with Crippen molar-refractivity contribution in [1.29, 1.82) is 0 Å². The van der Waals surface area contributed by atoms with Crippen LogP contribution in [0.25, 0.3) is 5.78 Å². The zero-order chi connectivity index (χ0) is 28.6. The van der Waals surface area contributed by atoms with Crippen LogP contribution < -0.4 is 10.6 Å². The van der Waals surface area contributed by atoms with Gasteiger partial charge in [0, 0.05) is 37.2 Å². The van der Waals surface area contributed by atoms with Crippen LogP contribution >= 0.6 is 0 Å². The molecule has 1 aliphatic carbocycles. The molecule has 2 aromatic carbocycles. The van der Waals surface area contributed by atoms with E-state index in [9.17, 15) is 18.4 Å². The fraction of sp³-hybridized carbons (Fsp3) is 0.333. The molecule has 0 aliphatic heterocycles. The van der Waals surface area contributed by atoms with Crippen LogP contribution in [0.2, 0.25) is 0 Å². The highest BCUT2D eigenvalue weighted by molar-refractivity contribution is 5.93. The average molecular weight is 548 g/mol. The zero-order valence-electron chi connectivity index (χ0n) is 22.8. The molecule has 0 radical (unpaired) electrons. The van der Waals surface area contributed by atoms with E-state index in [2.05, 4.69) is 20.6 Å². The van der Waals surface area contributed by atoms with E-state index in [1.54, 1.807) is 18.5 Å². The average Bonchev–Trinajstić information content (AvgIpc) is 3.54. The molecule has 1 atom stereocenters. The number of aromatic nitrogens is 3. The minimum Gasteiger partial charge on any atom is -0.456 e. The largest absolute Gasteiger partial charge is 0.456 e. The zero-order valence-corrected chi connectivity index (χ0v) is 22.8. The van der Waals surface area contributed by atoms with Gasteiger partial charge in [0.25, 0.3) is 5.91 Å². The Hall–Kier alpha value is -4.18. The van der Waals surface area contributed by atoms with Crippen molar-refractivity contribution < 1.29 is 23.1 Å². The van der Waals surface area contributed by atoms with Gasteiger partial charge in [-0.25, -0.2) is 23.5 Å². The van der Waals surface area contributed by atoms with Gasteiger partial charge in [-0.1, -0.05) is 12.1 Å². The predicted molar refractivity (Wildman–Crippen MR) is 145 cm³/mol. The fourth-order valence-electron chi connectivity index (χ4n) is 5.02. The van der Waals surface area contributed by atoms with Crippen LogP contribution in [0.4, 0.5) is 8.78 Å². The van der Waals surface area contributed by atoms with Crippen LogP contribution in [-0.4, -0.2) is 31.8 Å². The molecule has 2 N–H and O–H groups in total. The number of esters is 1. The topological polar surface area (TPSA) is 97.6 Å². The summed E-state index contributed by atoms with van der Waals surface area (Å²) in [4.78, 5) is 34.2. The predicted octanol–water partition coefficient (Wildman–Crippen LogP) is 4.98. The fourth-order valence-corrected chi connectivity index (χ4v) is 5.02. The number of nitrogens with zero attached hydrogens (tertiary/aromatic N) is 3. The molecule has 8 nitrogen and oxygen atoms in total. The minimum absolute atomic E-state index is 0.0222. The van der Waals surface area contributed by atoms with E-state index in [4.69, 9.17) is 4.74 Å². The number of benzene rings is 2. The van der Waals surface area contributed by atoms with Gasteiger partial charge in [0.05, 0.1) is 5.56 Å². The molecule has 2 heterocycles. The van der Waals surface area contributed by atoms with Gasteiger partial charge in [-0.2, -0.15) is 0 Å². The smallest absolute Gasteiger partial charge is 0.338 e. The van der Waals surface area contributed by atoms with Crippen molar-refractivity contribution in [3.63, 3.8) is 0 Å². The minimum atomic E-state index is -0.971. The quantitative estimate of drug-likeness (QED) is 0.317. The third-order valence-corrected chi connectivity index (χ3v) is 6.97. The van der Waals surface area contributed by atoms with Crippen LogP contribution in [-0.2, 0) is 24.2 Å². The summed E-state index contributed by atoms with van der Waals surface area (Å²) in [7, 11) is 0. The van der Waals surface area contributed by atoms with Gasteiger partial charge < -0.3 is 15.4 Å². The monoisotopic (exact) mass is 547 g/mol. The van der Waals surface area contributed by atoms with Gasteiger partial charge >= 0.3 is 5.97 Å². The summed E-state index contributed by atoms with van der Waals surface area (Å²) in [5, 5.41) is 6.29. The van der Waals surface area contributed by atoms with E-state index >= 15 is 0 Å². The molecule has 5 rings (SSSR count). The summed E-state index contributed by atoms with van der Waals surface area (Å²) in [5.41, 5.74) is 4.65. The van der Waals surface area contributed by atoms with E-state index in [1.165, 1.54) is 6.07 Å². The van der Waals surface area contributed by atoms with Crippen molar-refractivity contribution in [3.8, 4) is 0 Å². The molecule has 1 amide bonds. The van der Waals surface area contributed by atoms with E-state index in [0.717, 1.165) is 47.4 Å². The summed E-state index contributed by atoms with van der Waals surface area (Å²) in [6.45, 7) is 7.98.